The molecule has 0 aliphatic carbocycles. The minimum absolute atomic E-state index is 0.0478. The van der Waals surface area contributed by atoms with Crippen molar-refractivity contribution in [3.05, 3.63) is 29.8 Å². The highest BCUT2D eigenvalue weighted by molar-refractivity contribution is 5.45. The van der Waals surface area contributed by atoms with Gasteiger partial charge in [-0.05, 0) is 43.8 Å². The first-order valence-corrected chi connectivity index (χ1v) is 6.16. The Bertz CT molecular complexity index is 394. The summed E-state index contributed by atoms with van der Waals surface area (Å²) in [6, 6.07) is 5.13. The lowest BCUT2D eigenvalue weighted by Crippen LogP contribution is -2.34. The molecule has 0 fully saturated rings. The normalized spacial score (nSPS) is 12.8. The number of alkyl halides is 3. The van der Waals surface area contributed by atoms with Gasteiger partial charge in [-0.15, -0.1) is 0 Å². The molecule has 0 bridgehead atoms. The van der Waals surface area contributed by atoms with Crippen molar-refractivity contribution in [2.45, 2.75) is 20.0 Å². The van der Waals surface area contributed by atoms with Gasteiger partial charge in [0, 0.05) is 18.8 Å². The molecule has 0 saturated heterocycles. The van der Waals surface area contributed by atoms with Crippen LogP contribution in [0.4, 0.5) is 18.9 Å². The van der Waals surface area contributed by atoms with Gasteiger partial charge >= 0.3 is 6.18 Å². The molecule has 0 atom stereocenters. The fourth-order valence-electron chi connectivity index (χ4n) is 2.03. The summed E-state index contributed by atoms with van der Waals surface area (Å²) in [6.07, 6.45) is -4.28. The zero-order valence-corrected chi connectivity index (χ0v) is 11.8. The van der Waals surface area contributed by atoms with Gasteiger partial charge in [0.1, 0.15) is 0 Å². The van der Waals surface area contributed by atoms with Crippen LogP contribution in [0.15, 0.2) is 24.3 Å². The molecule has 5 heteroatoms. The molecular formula is C14H21F3N2. The molecule has 1 aromatic rings. The minimum Gasteiger partial charge on any atom is -0.384 e. The van der Waals surface area contributed by atoms with E-state index >= 15 is 0 Å². The number of benzene rings is 1. The van der Waals surface area contributed by atoms with Crippen LogP contribution in [0.3, 0.4) is 0 Å². The number of hydrogen-bond acceptors (Lipinski definition) is 2. The number of nitrogens with zero attached hydrogens (tertiary/aromatic N) is 1. The Kier molecular flexibility index (Phi) is 4.85. The molecular weight excluding hydrogens is 253 g/mol. The predicted molar refractivity (Wildman–Crippen MR) is 72.3 cm³/mol. The quantitative estimate of drug-likeness (QED) is 0.880. The van der Waals surface area contributed by atoms with E-state index in [1.54, 1.807) is 0 Å². The van der Waals surface area contributed by atoms with Crippen molar-refractivity contribution in [3.8, 4) is 0 Å². The summed E-state index contributed by atoms with van der Waals surface area (Å²) in [5, 5.41) is 3.17. The summed E-state index contributed by atoms with van der Waals surface area (Å²) in [6.45, 7) is 5.84. The summed E-state index contributed by atoms with van der Waals surface area (Å²) in [5.74, 6) is 0. The predicted octanol–water partition coefficient (Wildman–Crippen LogP) is 3.71. The largest absolute Gasteiger partial charge is 0.416 e. The van der Waals surface area contributed by atoms with Crippen molar-refractivity contribution in [3.63, 3.8) is 0 Å². The Labute approximate surface area is 112 Å². The van der Waals surface area contributed by atoms with Crippen LogP contribution in [0.2, 0.25) is 0 Å². The zero-order valence-electron chi connectivity index (χ0n) is 11.8. The molecule has 0 aliphatic rings. The maximum Gasteiger partial charge on any atom is 0.416 e. The molecule has 108 valence electrons. The third kappa shape index (κ3) is 5.51. The van der Waals surface area contributed by atoms with Crippen molar-refractivity contribution in [1.29, 1.82) is 0 Å². The van der Waals surface area contributed by atoms with Crippen LogP contribution in [0.5, 0.6) is 0 Å². The molecule has 0 saturated carbocycles. The topological polar surface area (TPSA) is 15.3 Å². The maximum absolute atomic E-state index is 12.4. The van der Waals surface area contributed by atoms with E-state index in [0.717, 1.165) is 18.7 Å². The molecule has 19 heavy (non-hydrogen) atoms. The average molecular weight is 274 g/mol. The van der Waals surface area contributed by atoms with Crippen LogP contribution in [0.25, 0.3) is 0 Å². The van der Waals surface area contributed by atoms with Gasteiger partial charge in [0.2, 0.25) is 0 Å². The molecule has 0 aromatic heterocycles. The van der Waals surface area contributed by atoms with E-state index in [4.69, 9.17) is 0 Å². The second kappa shape index (κ2) is 5.82. The fourth-order valence-corrected chi connectivity index (χ4v) is 2.03. The summed E-state index contributed by atoms with van der Waals surface area (Å²) in [7, 11) is 4.00. The number of hydrogen-bond donors (Lipinski definition) is 1. The van der Waals surface area contributed by atoms with Gasteiger partial charge < -0.3 is 10.2 Å². The van der Waals surface area contributed by atoms with Gasteiger partial charge in [-0.25, -0.2) is 0 Å². The van der Waals surface area contributed by atoms with E-state index in [1.165, 1.54) is 12.1 Å². The second-order valence-corrected chi connectivity index (χ2v) is 5.83. The lowest BCUT2D eigenvalue weighted by atomic mass is 9.93. The molecule has 0 amide bonds. The van der Waals surface area contributed by atoms with Gasteiger partial charge in [-0.1, -0.05) is 13.8 Å². The monoisotopic (exact) mass is 274 g/mol. The number of nitrogens with one attached hydrogen (secondary N) is 1. The second-order valence-electron chi connectivity index (χ2n) is 5.83. The standard InChI is InChI=1S/C14H21F3N2/c1-13(2,10-19(3)4)9-18-12-7-5-11(6-8-12)14(15,16)17/h5-8,18H,9-10H2,1-4H3. The summed E-state index contributed by atoms with van der Waals surface area (Å²) < 4.78 is 37.2. The van der Waals surface area contributed by atoms with Crippen LogP contribution >= 0.6 is 0 Å². The average Bonchev–Trinajstić information content (AvgIpc) is 2.24. The summed E-state index contributed by atoms with van der Waals surface area (Å²) >= 11 is 0. The molecule has 1 N–H and O–H groups in total. The third-order valence-electron chi connectivity index (χ3n) is 2.73. The van der Waals surface area contributed by atoms with Gasteiger partial charge in [0.05, 0.1) is 5.56 Å². The Morgan fingerprint density at radius 2 is 1.58 bits per heavy atom. The lowest BCUT2D eigenvalue weighted by Gasteiger charge is -2.29. The fraction of sp³-hybridized carbons (Fsp3) is 0.571. The Balaban J connectivity index is 2.59. The molecule has 2 nitrogen and oxygen atoms in total. The van der Waals surface area contributed by atoms with E-state index in [0.29, 0.717) is 12.2 Å². The van der Waals surface area contributed by atoms with E-state index in [9.17, 15) is 13.2 Å². The number of halogens is 3. The zero-order chi connectivity index (χ0) is 14.7. The molecule has 0 radical (unpaired) electrons. The van der Waals surface area contributed by atoms with Crippen molar-refractivity contribution in [1.82, 2.24) is 4.90 Å². The highest BCUT2D eigenvalue weighted by Crippen LogP contribution is 2.30. The van der Waals surface area contributed by atoms with E-state index < -0.39 is 11.7 Å². The van der Waals surface area contributed by atoms with Crippen LogP contribution in [0, 0.1) is 5.41 Å². The first-order chi connectivity index (χ1) is 8.60. The number of rotatable bonds is 5. The van der Waals surface area contributed by atoms with E-state index in [2.05, 4.69) is 24.1 Å². The minimum atomic E-state index is -4.28. The van der Waals surface area contributed by atoms with Gasteiger partial charge in [0.15, 0.2) is 0 Å². The van der Waals surface area contributed by atoms with E-state index in [1.807, 2.05) is 14.1 Å². The van der Waals surface area contributed by atoms with Crippen molar-refractivity contribution >= 4 is 5.69 Å². The summed E-state index contributed by atoms with van der Waals surface area (Å²) in [4.78, 5) is 2.09. The molecule has 0 unspecified atom stereocenters. The first kappa shape index (κ1) is 15.8. The SMILES string of the molecule is CN(C)CC(C)(C)CNc1ccc(C(F)(F)F)cc1. The maximum atomic E-state index is 12.4. The molecule has 0 heterocycles. The molecule has 1 aromatic carbocycles. The third-order valence-corrected chi connectivity index (χ3v) is 2.73. The van der Waals surface area contributed by atoms with Crippen LogP contribution < -0.4 is 5.32 Å². The van der Waals surface area contributed by atoms with Gasteiger partial charge in [-0.2, -0.15) is 13.2 Å². The Morgan fingerprint density at radius 1 is 1.05 bits per heavy atom. The molecule has 0 aliphatic heterocycles. The van der Waals surface area contributed by atoms with Crippen LogP contribution in [-0.4, -0.2) is 32.1 Å². The molecule has 1 rings (SSSR count). The Morgan fingerprint density at radius 3 is 2.00 bits per heavy atom. The van der Waals surface area contributed by atoms with Crippen molar-refractivity contribution in [2.75, 3.05) is 32.5 Å². The van der Waals surface area contributed by atoms with Crippen LogP contribution in [0.1, 0.15) is 19.4 Å². The van der Waals surface area contributed by atoms with Gasteiger partial charge in [0.25, 0.3) is 0 Å². The smallest absolute Gasteiger partial charge is 0.384 e. The van der Waals surface area contributed by atoms with E-state index in [-0.39, 0.29) is 5.41 Å². The van der Waals surface area contributed by atoms with Crippen molar-refractivity contribution < 1.29 is 13.2 Å². The van der Waals surface area contributed by atoms with Gasteiger partial charge in [-0.3, -0.25) is 0 Å². The highest BCUT2D eigenvalue weighted by atomic mass is 19.4. The van der Waals surface area contributed by atoms with Crippen molar-refractivity contribution in [2.24, 2.45) is 5.41 Å². The summed E-state index contributed by atoms with van der Waals surface area (Å²) in [5.41, 5.74) is 0.136. The molecule has 0 spiro atoms. The number of anilines is 1. The van der Waals surface area contributed by atoms with Crippen LogP contribution in [-0.2, 0) is 6.18 Å². The Hall–Kier alpha value is -1.23. The lowest BCUT2D eigenvalue weighted by molar-refractivity contribution is -0.137. The highest BCUT2D eigenvalue weighted by Gasteiger charge is 2.30. The first-order valence-electron chi connectivity index (χ1n) is 6.16.